The van der Waals surface area contributed by atoms with E-state index in [1.54, 1.807) is 23.3 Å². The predicted octanol–water partition coefficient (Wildman–Crippen LogP) is 11.4. The molecule has 12 heteroatoms. The van der Waals surface area contributed by atoms with Crippen LogP contribution in [0.4, 0.5) is 9.59 Å². The smallest absolute Gasteiger partial charge is 0.407 e. The molecule has 5 aromatic rings. The lowest BCUT2D eigenvalue weighted by atomic mass is 9.90. The van der Waals surface area contributed by atoms with Crippen molar-refractivity contribution >= 4 is 29.6 Å². The molecule has 1 aliphatic rings. The zero-order valence-electron chi connectivity index (χ0n) is 41.5. The minimum atomic E-state index is -0.582. The Morgan fingerprint density at radius 1 is 0.647 bits per heavy atom. The van der Waals surface area contributed by atoms with Gasteiger partial charge in [0.15, 0.2) is 0 Å². The lowest BCUT2D eigenvalue weighted by Crippen LogP contribution is -2.44. The monoisotopic (exact) mass is 949 g/mol. The molecule has 0 saturated carbocycles. The highest BCUT2D eigenvalue weighted by Gasteiger charge is 2.29. The number of nitrogens with zero attached hydrogens (tertiary/aromatic N) is 2. The molecule has 2 amide bonds. The highest BCUT2D eigenvalue weighted by atomic mass is 32.1. The SMILES string of the molecule is C1CCOC1.C[C@@H](Cc1ccccc1)[C@@H](O)C[C@H](Cc1ccccc1)NC(=O)OC(C)(C)C.C[C@@H](Cc1ccccc1)[C@H](C[C@H](Cc1ccccc1)NC(=O)OC(C)(C)C)OC(=S)n1ccnc1. The molecule has 2 heterocycles. The number of benzene rings is 4. The first kappa shape index (κ1) is 55.0. The van der Waals surface area contributed by atoms with Gasteiger partial charge >= 0.3 is 12.2 Å². The van der Waals surface area contributed by atoms with Gasteiger partial charge in [-0.05, 0) is 133 Å². The van der Waals surface area contributed by atoms with E-state index in [1.807, 2.05) is 133 Å². The number of alkyl carbamates (subject to hydrolysis) is 2. The Balaban J connectivity index is 0.000000273. The number of aliphatic hydroxyl groups is 1. The van der Waals surface area contributed by atoms with Crippen molar-refractivity contribution in [1.82, 2.24) is 20.2 Å². The third-order valence-corrected chi connectivity index (χ3v) is 11.3. The van der Waals surface area contributed by atoms with Gasteiger partial charge in [-0.2, -0.15) is 0 Å². The molecule has 6 atom stereocenters. The maximum atomic E-state index is 12.7. The second kappa shape index (κ2) is 28.7. The molecule has 1 fully saturated rings. The summed E-state index contributed by atoms with van der Waals surface area (Å²) in [4.78, 5) is 29.1. The van der Waals surface area contributed by atoms with Gasteiger partial charge in [-0.15, -0.1) is 0 Å². The Labute approximate surface area is 411 Å². The molecule has 1 aromatic heterocycles. The summed E-state index contributed by atoms with van der Waals surface area (Å²) in [7, 11) is 0. The predicted molar refractivity (Wildman–Crippen MR) is 276 cm³/mol. The number of ether oxygens (including phenoxy) is 4. The molecule has 368 valence electrons. The zero-order chi connectivity index (χ0) is 49.4. The van der Waals surface area contributed by atoms with Gasteiger partial charge < -0.3 is 34.7 Å². The molecule has 11 nitrogen and oxygen atoms in total. The Kier molecular flexibility index (Phi) is 23.2. The first-order chi connectivity index (χ1) is 32.4. The van der Waals surface area contributed by atoms with Crippen molar-refractivity contribution in [2.75, 3.05) is 13.2 Å². The second-order valence-electron chi connectivity index (χ2n) is 19.7. The second-order valence-corrected chi connectivity index (χ2v) is 20.0. The van der Waals surface area contributed by atoms with Crippen LogP contribution in [-0.2, 0) is 44.6 Å². The molecule has 68 heavy (non-hydrogen) atoms. The van der Waals surface area contributed by atoms with Crippen molar-refractivity contribution < 1.29 is 33.6 Å². The summed E-state index contributed by atoms with van der Waals surface area (Å²) in [6.45, 7) is 17.3. The number of aliphatic hydroxyl groups excluding tert-OH is 1. The molecule has 1 aliphatic heterocycles. The topological polar surface area (TPSA) is 133 Å². The van der Waals surface area contributed by atoms with E-state index in [0.717, 1.165) is 37.2 Å². The zero-order valence-corrected chi connectivity index (χ0v) is 42.3. The quantitative estimate of drug-likeness (QED) is 0.0779. The van der Waals surface area contributed by atoms with Crippen LogP contribution < -0.4 is 10.6 Å². The normalized spacial score (nSPS) is 15.0. The van der Waals surface area contributed by atoms with Gasteiger partial charge in [-0.25, -0.2) is 14.6 Å². The molecule has 0 radical (unpaired) electrons. The first-order valence-corrected chi connectivity index (χ1v) is 24.4. The van der Waals surface area contributed by atoms with Crippen molar-refractivity contribution in [2.45, 2.75) is 142 Å². The number of aromatic nitrogens is 2. The van der Waals surface area contributed by atoms with E-state index in [9.17, 15) is 14.7 Å². The maximum Gasteiger partial charge on any atom is 0.407 e. The molecule has 1 saturated heterocycles. The summed E-state index contributed by atoms with van der Waals surface area (Å²) < 4.78 is 23.9. The average Bonchev–Trinajstić information content (AvgIpc) is 4.06. The van der Waals surface area contributed by atoms with Crippen LogP contribution in [0.25, 0.3) is 0 Å². The molecule has 3 N–H and O–H groups in total. The van der Waals surface area contributed by atoms with E-state index in [-0.39, 0.29) is 30.0 Å². The molecule has 0 bridgehead atoms. The fourth-order valence-electron chi connectivity index (χ4n) is 7.64. The minimum Gasteiger partial charge on any atom is -0.467 e. The molecule has 6 rings (SSSR count). The van der Waals surface area contributed by atoms with Crippen LogP contribution >= 0.6 is 12.2 Å². The number of hydrogen-bond donors (Lipinski definition) is 3. The van der Waals surface area contributed by atoms with E-state index >= 15 is 0 Å². The standard InChI is InChI=1S/C28H35N3O3S.C24H33NO3.C4H8O/c1-21(17-22-11-7-5-8-12-22)25(33-27(35)31-16-15-29-20-31)19-24(18-23-13-9-6-10-14-23)30-26(32)34-28(2,3)4;1-18(15-19-11-7-5-8-12-19)22(26)17-21(16-20-13-9-6-10-14-20)25-23(27)28-24(2,3)4;1-2-4-5-3-1/h5-16,20-21,24-25H,17-19H2,1-4H3,(H,30,32);5-14,18,21-22,26H,15-17H2,1-4H3,(H,25,27);1-4H2/t21-,24-,25-;18-,21-,22-;/m00./s1. The van der Waals surface area contributed by atoms with Gasteiger partial charge in [0.05, 0.1) is 6.10 Å². The lowest BCUT2D eigenvalue weighted by molar-refractivity contribution is 0.0450. The van der Waals surface area contributed by atoms with Crippen LogP contribution in [0, 0.1) is 11.8 Å². The largest absolute Gasteiger partial charge is 0.467 e. The Morgan fingerprint density at radius 3 is 1.41 bits per heavy atom. The van der Waals surface area contributed by atoms with Crippen LogP contribution in [0.1, 0.15) is 103 Å². The van der Waals surface area contributed by atoms with Gasteiger partial charge in [-0.3, -0.25) is 4.57 Å². The summed E-state index contributed by atoms with van der Waals surface area (Å²) >= 11 is 5.57. The van der Waals surface area contributed by atoms with Crippen molar-refractivity contribution in [2.24, 2.45) is 11.8 Å². The fraction of sp³-hybridized carbons (Fsp3) is 0.464. The number of rotatable bonds is 17. The van der Waals surface area contributed by atoms with Crippen LogP contribution in [-0.4, -0.2) is 80.7 Å². The van der Waals surface area contributed by atoms with E-state index in [2.05, 4.69) is 58.9 Å². The number of thiocarbonyl (C=S) groups is 1. The van der Waals surface area contributed by atoms with Gasteiger partial charge in [0.2, 0.25) is 0 Å². The maximum absolute atomic E-state index is 12.7. The van der Waals surface area contributed by atoms with Crippen LogP contribution in [0.15, 0.2) is 140 Å². The van der Waals surface area contributed by atoms with Gasteiger partial charge in [0.25, 0.3) is 5.17 Å². The fourth-order valence-corrected chi connectivity index (χ4v) is 7.87. The molecule has 4 aromatic carbocycles. The van der Waals surface area contributed by atoms with Crippen molar-refractivity contribution in [3.8, 4) is 0 Å². The Bertz CT molecular complexity index is 2140. The highest BCUT2D eigenvalue weighted by Crippen LogP contribution is 2.23. The van der Waals surface area contributed by atoms with Gasteiger partial charge in [-0.1, -0.05) is 135 Å². The van der Waals surface area contributed by atoms with E-state index in [4.69, 9.17) is 31.2 Å². The molecule has 0 unspecified atom stereocenters. The van der Waals surface area contributed by atoms with Crippen LogP contribution in [0.3, 0.4) is 0 Å². The first-order valence-electron chi connectivity index (χ1n) is 24.0. The average molecular weight is 949 g/mol. The summed E-state index contributed by atoms with van der Waals surface area (Å²) in [5.74, 6) is 0.221. The lowest BCUT2D eigenvalue weighted by Gasteiger charge is -2.30. The summed E-state index contributed by atoms with van der Waals surface area (Å²) in [5, 5.41) is 17.1. The van der Waals surface area contributed by atoms with Crippen molar-refractivity contribution in [3.05, 3.63) is 162 Å². The van der Waals surface area contributed by atoms with Gasteiger partial charge in [0, 0.05) is 44.1 Å². The van der Waals surface area contributed by atoms with Crippen LogP contribution in [0.5, 0.6) is 0 Å². The number of hydrogen-bond acceptors (Lipinski definition) is 9. The Morgan fingerprint density at radius 2 is 1.04 bits per heavy atom. The summed E-state index contributed by atoms with van der Waals surface area (Å²) in [6.07, 6.45) is 9.92. The molecule has 0 aliphatic carbocycles. The molecular formula is C56H76N4O7S. The number of amides is 2. The number of imidazole rings is 1. The molecular weight excluding hydrogens is 873 g/mol. The summed E-state index contributed by atoms with van der Waals surface area (Å²) in [5.41, 5.74) is 3.53. The van der Waals surface area contributed by atoms with Crippen molar-refractivity contribution in [3.63, 3.8) is 0 Å². The number of carbonyl (C=O) groups excluding carboxylic acids is 2. The van der Waals surface area contributed by atoms with Gasteiger partial charge in [0.1, 0.15) is 23.6 Å². The highest BCUT2D eigenvalue weighted by molar-refractivity contribution is 7.80. The Hall–Kier alpha value is -5.56. The van der Waals surface area contributed by atoms with E-state index in [1.165, 1.54) is 24.0 Å². The number of nitrogens with one attached hydrogen (secondary N) is 2. The minimum absolute atomic E-state index is 0.0844. The third-order valence-electron chi connectivity index (χ3n) is 11.0. The van der Waals surface area contributed by atoms with E-state index in [0.29, 0.717) is 30.9 Å². The third kappa shape index (κ3) is 23.0. The van der Waals surface area contributed by atoms with E-state index < -0.39 is 29.5 Å². The van der Waals surface area contributed by atoms with Crippen molar-refractivity contribution in [1.29, 1.82) is 0 Å². The number of carbonyl (C=O) groups is 2. The molecule has 0 spiro atoms. The van der Waals surface area contributed by atoms with Crippen LogP contribution in [0.2, 0.25) is 0 Å². The summed E-state index contributed by atoms with van der Waals surface area (Å²) in [6, 6.07) is 40.2.